The van der Waals surface area contributed by atoms with Crippen LogP contribution >= 0.6 is 0 Å². The summed E-state index contributed by atoms with van der Waals surface area (Å²) in [4.78, 5) is 28.3. The molecule has 0 bridgehead atoms. The monoisotopic (exact) mass is 345 g/mol. The molecule has 3 aromatic rings. The molecule has 25 heavy (non-hydrogen) atoms. The van der Waals surface area contributed by atoms with Crippen molar-refractivity contribution in [2.24, 2.45) is 0 Å². The lowest BCUT2D eigenvalue weighted by Crippen LogP contribution is -2.24. The zero-order valence-electron chi connectivity index (χ0n) is 12.5. The van der Waals surface area contributed by atoms with Crippen molar-refractivity contribution < 1.29 is 27.6 Å². The summed E-state index contributed by atoms with van der Waals surface area (Å²) in [5, 5.41) is 3.64. The number of rotatable bonds is 3. The molecule has 1 aliphatic rings. The summed E-state index contributed by atoms with van der Waals surface area (Å²) in [6.45, 7) is 0.0624. The quantitative estimate of drug-likeness (QED) is 0.678. The second kappa shape index (κ2) is 5.62. The molecule has 1 fully saturated rings. The number of cyclic esters (lactones) is 1. The molecule has 1 atom stereocenters. The van der Waals surface area contributed by atoms with Crippen LogP contribution in [0.5, 0.6) is 0 Å². The number of carbonyl (C=O) groups is 2. The predicted molar refractivity (Wildman–Crippen MR) is 80.1 cm³/mol. The van der Waals surface area contributed by atoms with Crippen LogP contribution in [0.25, 0.3) is 11.0 Å². The maximum absolute atomic E-state index is 14.0. The summed E-state index contributed by atoms with van der Waals surface area (Å²) in [5.74, 6) is -2.73. The summed E-state index contributed by atoms with van der Waals surface area (Å²) in [7, 11) is 0. The fourth-order valence-corrected chi connectivity index (χ4v) is 2.66. The predicted octanol–water partition coefficient (Wildman–Crippen LogP) is 3.01. The third-order valence-corrected chi connectivity index (χ3v) is 3.87. The highest BCUT2D eigenvalue weighted by Gasteiger charge is 2.37. The van der Waals surface area contributed by atoms with Crippen LogP contribution in [-0.2, 0) is 4.74 Å². The fraction of sp³-hybridized carbons (Fsp3) is 0.125. The van der Waals surface area contributed by atoms with Gasteiger partial charge in [-0.3, -0.25) is 14.7 Å². The lowest BCUT2D eigenvalue weighted by molar-refractivity contribution is 0.111. The first-order chi connectivity index (χ1) is 12.1. The number of fused-ring (bicyclic) bond motifs is 1. The van der Waals surface area contributed by atoms with E-state index in [2.05, 4.69) is 10.1 Å². The SMILES string of the molecule is O=Cc1cc2c(N3CC(c4ccccn4)OC3=O)noc2c(F)c1F. The molecule has 126 valence electrons. The maximum Gasteiger partial charge on any atom is 0.416 e. The van der Waals surface area contributed by atoms with Gasteiger partial charge in [0.15, 0.2) is 24.0 Å². The van der Waals surface area contributed by atoms with E-state index >= 15 is 0 Å². The van der Waals surface area contributed by atoms with Crippen LogP contribution in [0.15, 0.2) is 35.0 Å². The van der Waals surface area contributed by atoms with E-state index in [1.807, 2.05) is 0 Å². The van der Waals surface area contributed by atoms with Crippen LogP contribution in [0.4, 0.5) is 19.4 Å². The van der Waals surface area contributed by atoms with E-state index in [4.69, 9.17) is 9.26 Å². The summed E-state index contributed by atoms with van der Waals surface area (Å²) < 4.78 is 37.7. The summed E-state index contributed by atoms with van der Waals surface area (Å²) in [6, 6.07) is 6.25. The van der Waals surface area contributed by atoms with E-state index < -0.39 is 35.0 Å². The number of halogens is 2. The number of aldehydes is 1. The van der Waals surface area contributed by atoms with Gasteiger partial charge in [0.05, 0.1) is 23.2 Å². The van der Waals surface area contributed by atoms with Gasteiger partial charge in [-0.05, 0) is 18.2 Å². The van der Waals surface area contributed by atoms with Crippen molar-refractivity contribution in [3.05, 3.63) is 53.4 Å². The molecule has 4 rings (SSSR count). The van der Waals surface area contributed by atoms with E-state index in [0.29, 0.717) is 5.69 Å². The lowest BCUT2D eigenvalue weighted by atomic mass is 10.1. The van der Waals surface area contributed by atoms with Crippen LogP contribution in [0, 0.1) is 11.6 Å². The average molecular weight is 345 g/mol. The Morgan fingerprint density at radius 1 is 1.28 bits per heavy atom. The summed E-state index contributed by atoms with van der Waals surface area (Å²) in [5.41, 5.74) is -0.438. The van der Waals surface area contributed by atoms with Crippen molar-refractivity contribution in [1.29, 1.82) is 0 Å². The Kier molecular flexibility index (Phi) is 3.41. The Balaban J connectivity index is 1.76. The van der Waals surface area contributed by atoms with Gasteiger partial charge in [0.1, 0.15) is 0 Å². The Hall–Kier alpha value is -3.36. The molecule has 0 aliphatic carbocycles. The number of anilines is 1. The second-order valence-electron chi connectivity index (χ2n) is 5.33. The molecule has 0 N–H and O–H groups in total. The first kappa shape index (κ1) is 15.2. The van der Waals surface area contributed by atoms with E-state index in [-0.39, 0.29) is 24.0 Å². The minimum absolute atomic E-state index is 0.000351. The molecule has 1 aromatic carbocycles. The van der Waals surface area contributed by atoms with E-state index in [1.165, 1.54) is 0 Å². The standard InChI is InChI=1S/C16H9F2N3O4/c17-12-8(7-22)5-9-14(13(12)18)25-20-15(9)21-6-11(24-16(21)23)10-3-1-2-4-19-10/h1-5,7,11H,6H2. The van der Waals surface area contributed by atoms with Crippen LogP contribution in [0.2, 0.25) is 0 Å². The number of pyridine rings is 1. The molecule has 2 aromatic heterocycles. The van der Waals surface area contributed by atoms with Crippen molar-refractivity contribution in [3.8, 4) is 0 Å². The fourth-order valence-electron chi connectivity index (χ4n) is 2.66. The molecule has 7 nitrogen and oxygen atoms in total. The summed E-state index contributed by atoms with van der Waals surface area (Å²) in [6.07, 6.45) is 0.360. The molecule has 9 heteroatoms. The van der Waals surface area contributed by atoms with E-state index in [0.717, 1.165) is 11.0 Å². The number of hydrogen-bond acceptors (Lipinski definition) is 6. The maximum atomic E-state index is 14.0. The third kappa shape index (κ3) is 2.32. The van der Waals surface area contributed by atoms with Crippen LogP contribution < -0.4 is 4.90 Å². The van der Waals surface area contributed by atoms with Crippen LogP contribution in [0.3, 0.4) is 0 Å². The molecular weight excluding hydrogens is 336 g/mol. The molecule has 3 heterocycles. The van der Waals surface area contributed by atoms with Gasteiger partial charge in [0.25, 0.3) is 0 Å². The highest BCUT2D eigenvalue weighted by molar-refractivity contribution is 6.00. The van der Waals surface area contributed by atoms with Gasteiger partial charge in [0.2, 0.25) is 11.4 Å². The minimum atomic E-state index is -1.34. The number of nitrogens with zero attached hydrogens (tertiary/aromatic N) is 3. The zero-order chi connectivity index (χ0) is 17.6. The van der Waals surface area contributed by atoms with Crippen molar-refractivity contribution >= 4 is 29.2 Å². The highest BCUT2D eigenvalue weighted by Crippen LogP contribution is 2.35. The number of hydrogen-bond donors (Lipinski definition) is 0. The molecule has 1 aliphatic heterocycles. The molecule has 1 amide bonds. The van der Waals surface area contributed by atoms with Crippen molar-refractivity contribution in [2.45, 2.75) is 6.10 Å². The number of benzene rings is 1. The van der Waals surface area contributed by atoms with E-state index in [1.54, 1.807) is 24.4 Å². The van der Waals surface area contributed by atoms with Gasteiger partial charge in [-0.2, -0.15) is 4.39 Å². The molecule has 0 spiro atoms. The number of carbonyl (C=O) groups excluding carboxylic acids is 2. The van der Waals surface area contributed by atoms with Gasteiger partial charge in [0, 0.05) is 6.20 Å². The molecule has 0 radical (unpaired) electrons. The molecular formula is C16H9F2N3O4. The van der Waals surface area contributed by atoms with Gasteiger partial charge in [-0.1, -0.05) is 11.2 Å². The second-order valence-corrected chi connectivity index (χ2v) is 5.33. The summed E-state index contributed by atoms with van der Waals surface area (Å²) >= 11 is 0. The van der Waals surface area contributed by atoms with Gasteiger partial charge in [-0.25, -0.2) is 9.18 Å². The third-order valence-electron chi connectivity index (χ3n) is 3.87. The van der Waals surface area contributed by atoms with Gasteiger partial charge in [-0.15, -0.1) is 0 Å². The smallest absolute Gasteiger partial charge is 0.416 e. The topological polar surface area (TPSA) is 85.5 Å². The normalized spacial score (nSPS) is 17.1. The van der Waals surface area contributed by atoms with Crippen molar-refractivity contribution in [1.82, 2.24) is 10.1 Å². The highest BCUT2D eigenvalue weighted by atomic mass is 19.2. The number of aromatic nitrogens is 2. The first-order valence-electron chi connectivity index (χ1n) is 7.21. The minimum Gasteiger partial charge on any atom is -0.437 e. The van der Waals surface area contributed by atoms with Gasteiger partial charge < -0.3 is 9.26 Å². The van der Waals surface area contributed by atoms with Gasteiger partial charge >= 0.3 is 6.09 Å². The van der Waals surface area contributed by atoms with Crippen molar-refractivity contribution in [2.75, 3.05) is 11.4 Å². The zero-order valence-corrected chi connectivity index (χ0v) is 12.5. The Bertz CT molecular complexity index is 990. The molecule has 1 saturated heterocycles. The largest absolute Gasteiger partial charge is 0.437 e. The van der Waals surface area contributed by atoms with Crippen LogP contribution in [0.1, 0.15) is 22.2 Å². The van der Waals surface area contributed by atoms with Crippen molar-refractivity contribution in [3.63, 3.8) is 0 Å². The van der Waals surface area contributed by atoms with E-state index in [9.17, 15) is 18.4 Å². The van der Waals surface area contributed by atoms with Crippen LogP contribution in [-0.4, -0.2) is 29.1 Å². The number of ether oxygens (including phenoxy) is 1. The number of amides is 1. The lowest BCUT2D eigenvalue weighted by Gasteiger charge is -2.09. The Labute approximate surface area is 138 Å². The molecule has 1 unspecified atom stereocenters. The Morgan fingerprint density at radius 3 is 2.84 bits per heavy atom. The Morgan fingerprint density at radius 2 is 2.12 bits per heavy atom. The molecule has 0 saturated carbocycles. The average Bonchev–Trinajstić information content (AvgIpc) is 3.22. The first-order valence-corrected chi connectivity index (χ1v) is 7.21.